The molecule has 0 radical (unpaired) electrons. The van der Waals surface area contributed by atoms with Crippen molar-refractivity contribution in [3.05, 3.63) is 35.1 Å². The number of nitrogens with zero attached hydrogens (tertiary/aromatic N) is 3. The van der Waals surface area contributed by atoms with E-state index in [-0.39, 0.29) is 11.8 Å². The van der Waals surface area contributed by atoms with Gasteiger partial charge in [-0.1, -0.05) is 6.92 Å². The summed E-state index contributed by atoms with van der Waals surface area (Å²) in [7, 11) is 0. The number of aromatic nitrogens is 3. The average Bonchev–Trinajstić information content (AvgIpc) is 2.96. The molecule has 1 aliphatic rings. The molecule has 0 aromatic carbocycles. The van der Waals surface area contributed by atoms with Gasteiger partial charge in [-0.3, -0.25) is 8.97 Å². The summed E-state index contributed by atoms with van der Waals surface area (Å²) in [5.74, 6) is 0. The molecule has 6 heteroatoms. The van der Waals surface area contributed by atoms with Crippen molar-refractivity contribution in [3.63, 3.8) is 0 Å². The highest BCUT2D eigenvalue weighted by molar-refractivity contribution is 5.35. The summed E-state index contributed by atoms with van der Waals surface area (Å²) < 4.78 is 8.67. The molecule has 6 nitrogen and oxygen atoms in total. The minimum absolute atomic E-state index is 0.194. The summed E-state index contributed by atoms with van der Waals surface area (Å²) in [5.41, 5.74) is 0.417. The second-order valence-electron chi connectivity index (χ2n) is 4.50. The molecule has 1 aliphatic heterocycles. The lowest BCUT2D eigenvalue weighted by Crippen LogP contribution is -2.29. The van der Waals surface area contributed by atoms with E-state index in [0.29, 0.717) is 12.1 Å². The molecule has 1 fully saturated rings. The van der Waals surface area contributed by atoms with Gasteiger partial charge in [-0.05, 0) is 12.5 Å². The second-order valence-corrected chi connectivity index (χ2v) is 4.50. The molecule has 2 aromatic heterocycles. The minimum atomic E-state index is -0.509. The van der Waals surface area contributed by atoms with Crippen LogP contribution in [0.5, 0.6) is 0 Å². The lowest BCUT2D eigenvalue weighted by molar-refractivity contribution is -0.0218. The third kappa shape index (κ3) is 1.65. The third-order valence-electron chi connectivity index (χ3n) is 3.40. The van der Waals surface area contributed by atoms with E-state index in [0.717, 1.165) is 6.42 Å². The van der Waals surface area contributed by atoms with Gasteiger partial charge in [0, 0.05) is 25.0 Å². The summed E-state index contributed by atoms with van der Waals surface area (Å²) in [6.45, 7) is 1.96. The third-order valence-corrected chi connectivity index (χ3v) is 3.40. The molecule has 18 heavy (non-hydrogen) atoms. The number of hydrogen-bond acceptors (Lipinski definition) is 4. The van der Waals surface area contributed by atoms with E-state index in [1.165, 1.54) is 8.97 Å². The van der Waals surface area contributed by atoms with Crippen LogP contribution < -0.4 is 5.69 Å². The normalized spacial score (nSPS) is 28.0. The maximum absolute atomic E-state index is 12.2. The van der Waals surface area contributed by atoms with Crippen molar-refractivity contribution in [2.45, 2.75) is 38.2 Å². The van der Waals surface area contributed by atoms with Crippen LogP contribution in [0.15, 0.2) is 29.5 Å². The molecule has 96 valence electrons. The second kappa shape index (κ2) is 4.22. The van der Waals surface area contributed by atoms with E-state index in [9.17, 15) is 9.90 Å². The van der Waals surface area contributed by atoms with Crippen LogP contribution in [0.1, 0.15) is 26.0 Å². The molecule has 0 saturated carbocycles. The smallest absolute Gasteiger partial charge is 0.336 e. The van der Waals surface area contributed by atoms with E-state index in [1.807, 2.05) is 6.92 Å². The fraction of sp³-hybridized carbons (Fsp3) is 0.500. The largest absolute Gasteiger partial charge is 0.390 e. The quantitative estimate of drug-likeness (QED) is 0.844. The van der Waals surface area contributed by atoms with Crippen molar-refractivity contribution in [2.24, 2.45) is 0 Å². The zero-order valence-electron chi connectivity index (χ0n) is 10.1. The first-order valence-corrected chi connectivity index (χ1v) is 6.08. The van der Waals surface area contributed by atoms with E-state index < -0.39 is 12.3 Å². The molecule has 1 saturated heterocycles. The molecule has 2 aromatic rings. The van der Waals surface area contributed by atoms with Crippen LogP contribution in [0.4, 0.5) is 0 Å². The van der Waals surface area contributed by atoms with Crippen molar-refractivity contribution in [2.75, 3.05) is 0 Å². The molecule has 3 unspecified atom stereocenters. The maximum Gasteiger partial charge on any atom is 0.336 e. The Balaban J connectivity index is 2.00. The highest BCUT2D eigenvalue weighted by Crippen LogP contribution is 2.29. The molecular formula is C12H15N3O3. The minimum Gasteiger partial charge on any atom is -0.390 e. The van der Waals surface area contributed by atoms with Crippen molar-refractivity contribution < 1.29 is 9.84 Å². The average molecular weight is 249 g/mol. The lowest BCUT2D eigenvalue weighted by atomic mass is 10.1. The Bertz CT molecular complexity index is 618. The van der Waals surface area contributed by atoms with E-state index in [4.69, 9.17) is 4.74 Å². The Morgan fingerprint density at radius 3 is 3.11 bits per heavy atom. The van der Waals surface area contributed by atoms with Gasteiger partial charge in [0.25, 0.3) is 0 Å². The Labute approximate surface area is 103 Å². The molecule has 0 amide bonds. The Kier molecular flexibility index (Phi) is 2.68. The number of aliphatic hydroxyl groups excluding tert-OH is 1. The van der Waals surface area contributed by atoms with Crippen molar-refractivity contribution in [3.8, 4) is 0 Å². The molecule has 3 atom stereocenters. The number of hydrogen-bond donors (Lipinski definition) is 1. The SMILES string of the molecule is CCC1OC(n2ccc3nccn3c2=O)CC1O. The van der Waals surface area contributed by atoms with Crippen LogP contribution in [0.25, 0.3) is 5.65 Å². The number of fused-ring (bicyclic) bond motifs is 1. The maximum atomic E-state index is 12.2. The standard InChI is InChI=1S/C12H15N3O3/c1-2-9-8(16)7-11(18-9)15-5-3-10-13-4-6-14(10)12(15)17/h3-6,8-9,11,16H,2,7H2,1H3. The van der Waals surface area contributed by atoms with Crippen LogP contribution >= 0.6 is 0 Å². The Hall–Kier alpha value is -1.66. The predicted molar refractivity (Wildman–Crippen MR) is 64.3 cm³/mol. The fourth-order valence-electron chi connectivity index (χ4n) is 2.41. The van der Waals surface area contributed by atoms with Crippen molar-refractivity contribution >= 4 is 5.65 Å². The molecule has 3 rings (SSSR count). The molecular weight excluding hydrogens is 234 g/mol. The van der Waals surface area contributed by atoms with Gasteiger partial charge in [0.05, 0.1) is 12.2 Å². The van der Waals surface area contributed by atoms with Gasteiger partial charge in [0.15, 0.2) is 0 Å². The van der Waals surface area contributed by atoms with E-state index >= 15 is 0 Å². The number of aliphatic hydroxyl groups is 1. The summed E-state index contributed by atoms with van der Waals surface area (Å²) in [6.07, 6.45) is 4.95. The first-order valence-electron chi connectivity index (χ1n) is 6.08. The molecule has 1 N–H and O–H groups in total. The van der Waals surface area contributed by atoms with Gasteiger partial charge >= 0.3 is 5.69 Å². The topological polar surface area (TPSA) is 68.8 Å². The lowest BCUT2D eigenvalue weighted by Gasteiger charge is -2.14. The Morgan fingerprint density at radius 2 is 2.39 bits per heavy atom. The van der Waals surface area contributed by atoms with Crippen LogP contribution in [-0.4, -0.2) is 31.3 Å². The zero-order valence-corrected chi connectivity index (χ0v) is 10.1. The molecule has 3 heterocycles. The molecule has 0 bridgehead atoms. The molecule has 0 aliphatic carbocycles. The highest BCUT2D eigenvalue weighted by Gasteiger charge is 2.34. The summed E-state index contributed by atoms with van der Waals surface area (Å²) >= 11 is 0. The fourth-order valence-corrected chi connectivity index (χ4v) is 2.41. The van der Waals surface area contributed by atoms with E-state index in [1.54, 1.807) is 24.7 Å². The number of rotatable bonds is 2. The van der Waals surface area contributed by atoms with Gasteiger partial charge < -0.3 is 9.84 Å². The van der Waals surface area contributed by atoms with Crippen LogP contribution in [0.3, 0.4) is 0 Å². The Morgan fingerprint density at radius 1 is 1.56 bits per heavy atom. The predicted octanol–water partition coefficient (Wildman–Crippen LogP) is 0.554. The van der Waals surface area contributed by atoms with Crippen LogP contribution in [-0.2, 0) is 4.74 Å². The van der Waals surface area contributed by atoms with Crippen LogP contribution in [0, 0.1) is 0 Å². The van der Waals surface area contributed by atoms with E-state index in [2.05, 4.69) is 4.98 Å². The molecule has 0 spiro atoms. The van der Waals surface area contributed by atoms with Gasteiger partial charge in [0.2, 0.25) is 0 Å². The summed E-state index contributed by atoms with van der Waals surface area (Å²) in [5, 5.41) is 9.83. The first-order chi connectivity index (χ1) is 8.70. The van der Waals surface area contributed by atoms with Gasteiger partial charge in [-0.2, -0.15) is 0 Å². The first kappa shape index (κ1) is 11.4. The van der Waals surface area contributed by atoms with Gasteiger partial charge in [-0.15, -0.1) is 0 Å². The van der Waals surface area contributed by atoms with Crippen LogP contribution in [0.2, 0.25) is 0 Å². The number of ether oxygens (including phenoxy) is 1. The van der Waals surface area contributed by atoms with Crippen molar-refractivity contribution in [1.82, 2.24) is 14.0 Å². The van der Waals surface area contributed by atoms with Gasteiger partial charge in [0.1, 0.15) is 11.9 Å². The summed E-state index contributed by atoms with van der Waals surface area (Å²) in [6, 6.07) is 1.76. The van der Waals surface area contributed by atoms with Crippen molar-refractivity contribution in [1.29, 1.82) is 0 Å². The monoisotopic (exact) mass is 249 g/mol. The summed E-state index contributed by atoms with van der Waals surface area (Å²) in [4.78, 5) is 16.3. The number of imidazole rings is 1. The zero-order chi connectivity index (χ0) is 12.7. The van der Waals surface area contributed by atoms with Gasteiger partial charge in [-0.25, -0.2) is 9.78 Å². The highest BCUT2D eigenvalue weighted by atomic mass is 16.5.